The maximum Gasteiger partial charge on any atom is 0.317 e. The van der Waals surface area contributed by atoms with Crippen molar-refractivity contribution in [3.05, 3.63) is 30.1 Å². The first kappa shape index (κ1) is 17.4. The zero-order valence-electron chi connectivity index (χ0n) is 12.4. The van der Waals surface area contributed by atoms with Gasteiger partial charge in [-0.15, -0.1) is 0 Å². The van der Waals surface area contributed by atoms with Crippen molar-refractivity contribution in [3.63, 3.8) is 0 Å². The number of aromatic nitrogens is 1. The highest BCUT2D eigenvalue weighted by molar-refractivity contribution is 7.89. The third-order valence-electron chi connectivity index (χ3n) is 2.92. The van der Waals surface area contributed by atoms with E-state index in [2.05, 4.69) is 15.0 Å². The highest BCUT2D eigenvalue weighted by Crippen LogP contribution is 1.96. The molecule has 0 saturated carbocycles. The van der Waals surface area contributed by atoms with Crippen LogP contribution < -0.4 is 10.0 Å². The van der Waals surface area contributed by atoms with Gasteiger partial charge in [-0.1, -0.05) is 6.07 Å². The topological polar surface area (TPSA) is 91.4 Å². The third kappa shape index (κ3) is 6.54. The van der Waals surface area contributed by atoms with E-state index in [4.69, 9.17) is 0 Å². The molecule has 2 N–H and O–H groups in total. The van der Waals surface area contributed by atoms with Gasteiger partial charge in [0.15, 0.2) is 0 Å². The molecular formula is C13H22N4O3S. The standard InChI is InChI=1S/C13H22N4O3S/c1-3-17(4-2)13(18)15-8-9-21(19,20)16-11-12-6-5-7-14-10-12/h5-7,10,16H,3-4,8-9,11H2,1-2H3,(H,15,18). The lowest BCUT2D eigenvalue weighted by molar-refractivity contribution is 0.204. The highest BCUT2D eigenvalue weighted by atomic mass is 32.2. The fraction of sp³-hybridized carbons (Fsp3) is 0.538. The highest BCUT2D eigenvalue weighted by Gasteiger charge is 2.13. The summed E-state index contributed by atoms with van der Waals surface area (Å²) in [5.41, 5.74) is 0.785. The van der Waals surface area contributed by atoms with Crippen molar-refractivity contribution in [2.75, 3.05) is 25.4 Å². The average molecular weight is 314 g/mol. The first-order valence-corrected chi connectivity index (χ1v) is 8.52. The number of hydrogen-bond donors (Lipinski definition) is 2. The fourth-order valence-electron chi connectivity index (χ4n) is 1.68. The van der Waals surface area contributed by atoms with Crippen LogP contribution in [0.2, 0.25) is 0 Å². The Morgan fingerprint density at radius 2 is 2.05 bits per heavy atom. The van der Waals surface area contributed by atoms with Crippen LogP contribution in [0.3, 0.4) is 0 Å². The van der Waals surface area contributed by atoms with Crippen molar-refractivity contribution >= 4 is 16.1 Å². The summed E-state index contributed by atoms with van der Waals surface area (Å²) >= 11 is 0. The SMILES string of the molecule is CCN(CC)C(=O)NCCS(=O)(=O)NCc1cccnc1. The van der Waals surface area contributed by atoms with Crippen LogP contribution in [-0.2, 0) is 16.6 Å². The number of sulfonamides is 1. The molecular weight excluding hydrogens is 292 g/mol. The van der Waals surface area contributed by atoms with E-state index >= 15 is 0 Å². The minimum Gasteiger partial charge on any atom is -0.337 e. The van der Waals surface area contributed by atoms with E-state index in [0.29, 0.717) is 13.1 Å². The molecule has 1 aromatic heterocycles. The molecule has 1 aromatic rings. The molecule has 0 radical (unpaired) electrons. The summed E-state index contributed by atoms with van der Waals surface area (Å²) in [6.45, 7) is 5.20. The molecule has 7 nitrogen and oxygen atoms in total. The van der Waals surface area contributed by atoms with Gasteiger partial charge >= 0.3 is 6.03 Å². The first-order valence-electron chi connectivity index (χ1n) is 6.87. The number of pyridine rings is 1. The van der Waals surface area contributed by atoms with Crippen LogP contribution in [-0.4, -0.2) is 49.7 Å². The van der Waals surface area contributed by atoms with Gasteiger partial charge in [-0.2, -0.15) is 0 Å². The Bertz CT molecular complexity index is 530. The molecule has 0 saturated heterocycles. The van der Waals surface area contributed by atoms with E-state index in [0.717, 1.165) is 5.56 Å². The van der Waals surface area contributed by atoms with Gasteiger partial charge in [0.25, 0.3) is 0 Å². The maximum atomic E-state index is 11.8. The number of carbonyl (C=O) groups excluding carboxylic acids is 1. The molecule has 0 aromatic carbocycles. The van der Waals surface area contributed by atoms with Crippen molar-refractivity contribution in [2.24, 2.45) is 0 Å². The van der Waals surface area contributed by atoms with Gasteiger partial charge in [0, 0.05) is 38.6 Å². The van der Waals surface area contributed by atoms with Gasteiger partial charge < -0.3 is 10.2 Å². The van der Waals surface area contributed by atoms with Crippen molar-refractivity contribution in [3.8, 4) is 0 Å². The van der Waals surface area contributed by atoms with Gasteiger partial charge in [0.2, 0.25) is 10.0 Å². The van der Waals surface area contributed by atoms with E-state index in [9.17, 15) is 13.2 Å². The van der Waals surface area contributed by atoms with E-state index in [1.807, 2.05) is 13.8 Å². The van der Waals surface area contributed by atoms with Gasteiger partial charge in [-0.3, -0.25) is 4.98 Å². The number of urea groups is 1. The van der Waals surface area contributed by atoms with E-state index in [1.165, 1.54) is 0 Å². The number of rotatable bonds is 8. The van der Waals surface area contributed by atoms with E-state index < -0.39 is 10.0 Å². The lowest BCUT2D eigenvalue weighted by Crippen LogP contribution is -2.42. The molecule has 0 bridgehead atoms. The van der Waals surface area contributed by atoms with Gasteiger partial charge in [0.1, 0.15) is 0 Å². The predicted octanol–water partition coefficient (Wildman–Crippen LogP) is 0.552. The quantitative estimate of drug-likeness (QED) is 0.733. The number of carbonyl (C=O) groups is 1. The zero-order valence-corrected chi connectivity index (χ0v) is 13.2. The predicted molar refractivity (Wildman–Crippen MR) is 81.2 cm³/mol. The Hall–Kier alpha value is -1.67. The van der Waals surface area contributed by atoms with Crippen molar-refractivity contribution in [1.29, 1.82) is 0 Å². The minimum absolute atomic E-state index is 0.0811. The largest absolute Gasteiger partial charge is 0.337 e. The Morgan fingerprint density at radius 3 is 2.62 bits per heavy atom. The summed E-state index contributed by atoms with van der Waals surface area (Å²) in [4.78, 5) is 17.2. The normalized spacial score (nSPS) is 11.1. The molecule has 1 rings (SSSR count). The lowest BCUT2D eigenvalue weighted by atomic mass is 10.3. The molecule has 1 heterocycles. The first-order chi connectivity index (χ1) is 9.98. The fourth-order valence-corrected chi connectivity index (χ4v) is 2.58. The van der Waals surface area contributed by atoms with Crippen LogP contribution in [0.5, 0.6) is 0 Å². The average Bonchev–Trinajstić information content (AvgIpc) is 2.47. The summed E-state index contributed by atoms with van der Waals surface area (Å²) in [6.07, 6.45) is 3.23. The molecule has 0 spiro atoms. The van der Waals surface area contributed by atoms with E-state index in [1.54, 1.807) is 29.4 Å². The van der Waals surface area contributed by atoms with Crippen LogP contribution in [0.1, 0.15) is 19.4 Å². The smallest absolute Gasteiger partial charge is 0.317 e. The Labute approximate surface area is 125 Å². The van der Waals surface area contributed by atoms with Crippen LogP contribution >= 0.6 is 0 Å². The third-order valence-corrected chi connectivity index (χ3v) is 4.24. The summed E-state index contributed by atoms with van der Waals surface area (Å²) in [5.74, 6) is -0.153. The molecule has 118 valence electrons. The van der Waals surface area contributed by atoms with Crippen LogP contribution in [0.25, 0.3) is 0 Å². The minimum atomic E-state index is -3.43. The molecule has 0 fully saturated rings. The second kappa shape index (κ2) is 8.58. The molecule has 21 heavy (non-hydrogen) atoms. The molecule has 0 aliphatic carbocycles. The number of nitrogens with zero attached hydrogens (tertiary/aromatic N) is 2. The number of nitrogens with one attached hydrogen (secondary N) is 2. The molecule has 8 heteroatoms. The number of amides is 2. The van der Waals surface area contributed by atoms with Gasteiger partial charge in [0.05, 0.1) is 5.75 Å². The number of hydrogen-bond acceptors (Lipinski definition) is 4. The molecule has 2 amide bonds. The summed E-state index contributed by atoms with van der Waals surface area (Å²) < 4.78 is 26.1. The maximum absolute atomic E-state index is 11.8. The molecule has 0 aliphatic heterocycles. The van der Waals surface area contributed by atoms with Crippen LogP contribution in [0.15, 0.2) is 24.5 Å². The van der Waals surface area contributed by atoms with Crippen molar-refractivity contribution in [2.45, 2.75) is 20.4 Å². The van der Waals surface area contributed by atoms with Gasteiger partial charge in [-0.25, -0.2) is 17.9 Å². The molecule has 0 aliphatic rings. The van der Waals surface area contributed by atoms with Crippen molar-refractivity contribution < 1.29 is 13.2 Å². The lowest BCUT2D eigenvalue weighted by Gasteiger charge is -2.19. The zero-order chi connectivity index (χ0) is 15.7. The van der Waals surface area contributed by atoms with Crippen LogP contribution in [0.4, 0.5) is 4.79 Å². The summed E-state index contributed by atoms with van der Waals surface area (Å²) in [7, 11) is -3.43. The second-order valence-corrected chi connectivity index (χ2v) is 6.33. The molecule has 0 atom stereocenters. The molecule has 0 unspecified atom stereocenters. The van der Waals surface area contributed by atoms with E-state index in [-0.39, 0.29) is 24.9 Å². The summed E-state index contributed by atoms with van der Waals surface area (Å²) in [5, 5.41) is 2.59. The monoisotopic (exact) mass is 314 g/mol. The van der Waals surface area contributed by atoms with Crippen molar-refractivity contribution in [1.82, 2.24) is 19.9 Å². The Balaban J connectivity index is 2.35. The van der Waals surface area contributed by atoms with Crippen LogP contribution in [0, 0.1) is 0 Å². The Kier molecular flexibility index (Phi) is 7.10. The summed E-state index contributed by atoms with van der Waals surface area (Å²) in [6, 6.07) is 3.29. The second-order valence-electron chi connectivity index (χ2n) is 4.41. The van der Waals surface area contributed by atoms with Gasteiger partial charge in [-0.05, 0) is 25.5 Å². The Morgan fingerprint density at radius 1 is 1.33 bits per heavy atom.